The fourth-order valence-corrected chi connectivity index (χ4v) is 6.71. The number of hydrogen-bond donors (Lipinski definition) is 0. The van der Waals surface area contributed by atoms with Gasteiger partial charge in [0.25, 0.3) is 0 Å². The SMILES string of the molecule is Cc1ccc(C)c(SCC(=O)OCC(=O)C23CC4CC(CC(C4)C2)C3)c1. The molecule has 0 amide bonds. The number of Topliss-reactive ketones (excluding diaryl/α,β-unsaturated/α-hetero) is 1. The molecule has 1 aromatic carbocycles. The molecule has 4 aliphatic carbocycles. The molecule has 140 valence electrons. The first-order valence-corrected chi connectivity index (χ1v) is 10.8. The number of esters is 1. The van der Waals surface area contributed by atoms with Crippen LogP contribution < -0.4 is 0 Å². The number of ether oxygens (including phenoxy) is 1. The maximum Gasteiger partial charge on any atom is 0.316 e. The first-order chi connectivity index (χ1) is 12.4. The zero-order valence-electron chi connectivity index (χ0n) is 15.8. The van der Waals surface area contributed by atoms with Crippen molar-refractivity contribution in [2.24, 2.45) is 23.2 Å². The highest BCUT2D eigenvalue weighted by molar-refractivity contribution is 8.00. The van der Waals surface area contributed by atoms with E-state index in [2.05, 4.69) is 18.2 Å². The van der Waals surface area contributed by atoms with E-state index in [4.69, 9.17) is 4.74 Å². The summed E-state index contributed by atoms with van der Waals surface area (Å²) in [5.74, 6) is 2.37. The zero-order valence-corrected chi connectivity index (χ0v) is 16.6. The summed E-state index contributed by atoms with van der Waals surface area (Å²) in [6, 6.07) is 6.23. The third kappa shape index (κ3) is 3.58. The second kappa shape index (κ2) is 7.03. The van der Waals surface area contributed by atoms with Crippen LogP contribution in [0.25, 0.3) is 0 Å². The summed E-state index contributed by atoms with van der Waals surface area (Å²) in [5.41, 5.74) is 2.18. The predicted octanol–water partition coefficient (Wildman–Crippen LogP) is 4.72. The Morgan fingerprint density at radius 3 is 2.31 bits per heavy atom. The largest absolute Gasteiger partial charge is 0.457 e. The third-order valence-electron chi connectivity index (χ3n) is 6.68. The first kappa shape index (κ1) is 18.1. The van der Waals surface area contributed by atoms with Crippen LogP contribution in [-0.2, 0) is 14.3 Å². The van der Waals surface area contributed by atoms with Gasteiger partial charge in [-0.1, -0.05) is 17.7 Å². The number of benzene rings is 1. The van der Waals surface area contributed by atoms with Gasteiger partial charge in [0.05, 0.1) is 5.75 Å². The van der Waals surface area contributed by atoms with E-state index in [1.54, 1.807) is 0 Å². The van der Waals surface area contributed by atoms with Crippen molar-refractivity contribution in [1.29, 1.82) is 0 Å². The monoisotopic (exact) mass is 372 g/mol. The predicted molar refractivity (Wildman–Crippen MR) is 103 cm³/mol. The van der Waals surface area contributed by atoms with Gasteiger partial charge >= 0.3 is 5.97 Å². The van der Waals surface area contributed by atoms with Crippen LogP contribution in [0.3, 0.4) is 0 Å². The van der Waals surface area contributed by atoms with E-state index < -0.39 is 0 Å². The normalized spacial score (nSPS) is 31.8. The summed E-state index contributed by atoms with van der Waals surface area (Å²) in [5, 5.41) is 0. The minimum Gasteiger partial charge on any atom is -0.457 e. The van der Waals surface area contributed by atoms with Crippen LogP contribution in [0.1, 0.15) is 49.7 Å². The summed E-state index contributed by atoms with van der Waals surface area (Å²) in [6.45, 7) is 4.06. The minimum atomic E-state index is -0.283. The van der Waals surface area contributed by atoms with Gasteiger partial charge in [0.15, 0.2) is 12.4 Å². The fraction of sp³-hybridized carbons (Fsp3) is 0.636. The highest BCUT2D eigenvalue weighted by Crippen LogP contribution is 2.60. The maximum atomic E-state index is 12.9. The van der Waals surface area contributed by atoms with Crippen LogP contribution in [0.5, 0.6) is 0 Å². The molecule has 0 aromatic heterocycles. The van der Waals surface area contributed by atoms with Crippen LogP contribution in [-0.4, -0.2) is 24.1 Å². The summed E-state index contributed by atoms with van der Waals surface area (Å²) < 4.78 is 5.38. The molecule has 0 aliphatic heterocycles. The lowest BCUT2D eigenvalue weighted by atomic mass is 9.48. The molecule has 0 heterocycles. The molecule has 5 rings (SSSR count). The van der Waals surface area contributed by atoms with Gasteiger partial charge in [-0.15, -0.1) is 11.8 Å². The fourth-order valence-electron chi connectivity index (χ4n) is 5.79. The molecule has 4 bridgehead atoms. The quantitative estimate of drug-likeness (QED) is 0.535. The van der Waals surface area contributed by atoms with Crippen molar-refractivity contribution >= 4 is 23.5 Å². The van der Waals surface area contributed by atoms with E-state index >= 15 is 0 Å². The molecule has 4 saturated carbocycles. The van der Waals surface area contributed by atoms with Gasteiger partial charge in [0.1, 0.15) is 0 Å². The van der Waals surface area contributed by atoms with E-state index in [-0.39, 0.29) is 29.5 Å². The lowest BCUT2D eigenvalue weighted by Gasteiger charge is -2.55. The summed E-state index contributed by atoms with van der Waals surface area (Å²) in [6.07, 6.45) is 7.06. The number of carbonyl (C=O) groups excluding carboxylic acids is 2. The Balaban J connectivity index is 1.29. The van der Waals surface area contributed by atoms with Crippen molar-refractivity contribution in [2.75, 3.05) is 12.4 Å². The Labute approximate surface area is 160 Å². The molecule has 0 radical (unpaired) electrons. The molecule has 26 heavy (non-hydrogen) atoms. The molecule has 0 unspecified atom stereocenters. The number of rotatable bonds is 6. The van der Waals surface area contributed by atoms with E-state index in [0.29, 0.717) is 0 Å². The number of aryl methyl sites for hydroxylation is 2. The molecular formula is C22H28O3S. The van der Waals surface area contributed by atoms with Gasteiger partial charge in [0.2, 0.25) is 0 Å². The minimum absolute atomic E-state index is 0.0294. The maximum absolute atomic E-state index is 12.9. The van der Waals surface area contributed by atoms with E-state index in [1.807, 2.05) is 13.8 Å². The summed E-state index contributed by atoms with van der Waals surface area (Å²) >= 11 is 1.49. The number of ketones is 1. The van der Waals surface area contributed by atoms with Gasteiger partial charge in [-0.25, -0.2) is 0 Å². The standard InChI is InChI=1S/C22H28O3S/c1-14-3-4-15(2)19(5-14)26-13-21(24)25-12-20(23)22-9-16-6-17(10-22)8-18(7-16)11-22/h3-5,16-18H,6-13H2,1-2H3. The Hall–Kier alpha value is -1.29. The number of hydrogen-bond acceptors (Lipinski definition) is 4. The van der Waals surface area contributed by atoms with Crippen molar-refractivity contribution < 1.29 is 14.3 Å². The lowest BCUT2D eigenvalue weighted by molar-refractivity contribution is -0.156. The molecule has 0 spiro atoms. The Kier molecular flexibility index (Phi) is 4.89. The molecule has 0 saturated heterocycles. The molecule has 4 fully saturated rings. The van der Waals surface area contributed by atoms with Gasteiger partial charge in [-0.3, -0.25) is 9.59 Å². The molecule has 3 nitrogen and oxygen atoms in total. The molecular weight excluding hydrogens is 344 g/mol. The van der Waals surface area contributed by atoms with Crippen LogP contribution >= 0.6 is 11.8 Å². The highest BCUT2D eigenvalue weighted by Gasteiger charge is 2.54. The Morgan fingerprint density at radius 2 is 1.69 bits per heavy atom. The van der Waals surface area contributed by atoms with E-state index in [1.165, 1.54) is 36.6 Å². The summed E-state index contributed by atoms with van der Waals surface area (Å²) in [7, 11) is 0. The van der Waals surface area contributed by atoms with Crippen molar-refractivity contribution in [3.63, 3.8) is 0 Å². The van der Waals surface area contributed by atoms with Crippen molar-refractivity contribution in [3.8, 4) is 0 Å². The smallest absolute Gasteiger partial charge is 0.316 e. The van der Waals surface area contributed by atoms with E-state index in [0.717, 1.165) is 47.5 Å². The van der Waals surface area contributed by atoms with Gasteiger partial charge in [0, 0.05) is 10.3 Å². The molecule has 4 aliphatic rings. The molecule has 0 N–H and O–H groups in total. The average Bonchev–Trinajstić information content (AvgIpc) is 2.59. The first-order valence-electron chi connectivity index (χ1n) is 9.82. The number of thioether (sulfide) groups is 1. The molecule has 0 atom stereocenters. The highest BCUT2D eigenvalue weighted by atomic mass is 32.2. The topological polar surface area (TPSA) is 43.4 Å². The summed E-state index contributed by atoms with van der Waals surface area (Å²) in [4.78, 5) is 26.1. The van der Waals surface area contributed by atoms with Crippen molar-refractivity contribution in [1.82, 2.24) is 0 Å². The Morgan fingerprint density at radius 1 is 1.08 bits per heavy atom. The lowest BCUT2D eigenvalue weighted by Crippen LogP contribution is -2.51. The van der Waals surface area contributed by atoms with Crippen LogP contribution in [0, 0.1) is 37.0 Å². The zero-order chi connectivity index (χ0) is 18.3. The average molecular weight is 373 g/mol. The third-order valence-corrected chi connectivity index (χ3v) is 7.81. The van der Waals surface area contributed by atoms with Crippen molar-refractivity contribution in [2.45, 2.75) is 57.3 Å². The van der Waals surface area contributed by atoms with Crippen LogP contribution in [0.15, 0.2) is 23.1 Å². The van der Waals surface area contributed by atoms with Crippen LogP contribution in [0.2, 0.25) is 0 Å². The second-order valence-electron chi connectivity index (χ2n) is 8.84. The number of carbonyl (C=O) groups is 2. The second-order valence-corrected chi connectivity index (χ2v) is 9.86. The Bertz CT molecular complexity index is 689. The van der Waals surface area contributed by atoms with Gasteiger partial charge in [-0.05, 0) is 81.8 Å². The molecule has 1 aromatic rings. The van der Waals surface area contributed by atoms with E-state index in [9.17, 15) is 9.59 Å². The van der Waals surface area contributed by atoms with Crippen LogP contribution in [0.4, 0.5) is 0 Å². The molecule has 4 heteroatoms. The van der Waals surface area contributed by atoms with Gasteiger partial charge in [-0.2, -0.15) is 0 Å². The van der Waals surface area contributed by atoms with Crippen molar-refractivity contribution in [3.05, 3.63) is 29.3 Å². The van der Waals surface area contributed by atoms with Gasteiger partial charge < -0.3 is 4.74 Å².